The highest BCUT2D eigenvalue weighted by atomic mass is 35.5. The molecule has 0 saturated carbocycles. The van der Waals surface area contributed by atoms with Gasteiger partial charge in [0, 0.05) is 10.7 Å². The molecule has 2 rings (SSSR count). The molecule has 0 aliphatic carbocycles. The average molecular weight is 420 g/mol. The van der Waals surface area contributed by atoms with Gasteiger partial charge in [-0.2, -0.15) is 0 Å². The van der Waals surface area contributed by atoms with E-state index in [4.69, 9.17) is 26.8 Å². The number of esters is 1. The number of primary amides is 1. The van der Waals surface area contributed by atoms with E-state index in [9.17, 15) is 14.4 Å². The van der Waals surface area contributed by atoms with Gasteiger partial charge in [0.05, 0.1) is 19.1 Å². The van der Waals surface area contributed by atoms with Crippen LogP contribution in [-0.2, 0) is 14.3 Å². The number of carbonyl (C=O) groups is 3. The molecule has 0 bridgehead atoms. The number of rotatable bonds is 9. The maximum Gasteiger partial charge on any atom is 0.312 e. The number of anilines is 1. The Labute approximate surface area is 173 Å². The lowest BCUT2D eigenvalue weighted by Gasteiger charge is -2.17. The fourth-order valence-electron chi connectivity index (χ4n) is 2.49. The molecular formula is C20H22ClN3O5. The van der Waals surface area contributed by atoms with Crippen molar-refractivity contribution in [2.45, 2.75) is 19.4 Å². The molecule has 0 spiro atoms. The van der Waals surface area contributed by atoms with Crippen LogP contribution >= 0.6 is 11.6 Å². The molecule has 0 unspecified atom stereocenters. The highest BCUT2D eigenvalue weighted by molar-refractivity contribution is 6.30. The third kappa shape index (κ3) is 7.71. The molecule has 0 aliphatic rings. The normalized spacial score (nSPS) is 11.2. The second-order valence-corrected chi connectivity index (χ2v) is 6.42. The predicted molar refractivity (Wildman–Crippen MR) is 109 cm³/mol. The van der Waals surface area contributed by atoms with Gasteiger partial charge >= 0.3 is 12.0 Å². The molecule has 29 heavy (non-hydrogen) atoms. The summed E-state index contributed by atoms with van der Waals surface area (Å²) in [5.74, 6) is -0.471. The van der Waals surface area contributed by atoms with E-state index in [1.165, 1.54) is 0 Å². The first kappa shape index (κ1) is 22.0. The molecule has 154 valence electrons. The largest absolute Gasteiger partial charge is 0.494 e. The number of amides is 3. The molecule has 2 aromatic rings. The van der Waals surface area contributed by atoms with E-state index in [2.05, 4.69) is 10.6 Å². The van der Waals surface area contributed by atoms with Gasteiger partial charge in [0.2, 0.25) is 0 Å². The molecule has 0 heterocycles. The number of halogens is 1. The van der Waals surface area contributed by atoms with Crippen LogP contribution in [0.5, 0.6) is 5.75 Å². The van der Waals surface area contributed by atoms with Crippen LogP contribution in [0, 0.1) is 0 Å². The van der Waals surface area contributed by atoms with Crippen LogP contribution in [0.25, 0.3) is 0 Å². The van der Waals surface area contributed by atoms with Gasteiger partial charge in [0.25, 0.3) is 5.91 Å². The maximum atomic E-state index is 12.1. The van der Waals surface area contributed by atoms with Crippen LogP contribution in [-0.4, -0.2) is 31.1 Å². The molecule has 2 aromatic carbocycles. The Morgan fingerprint density at radius 3 is 2.31 bits per heavy atom. The summed E-state index contributed by atoms with van der Waals surface area (Å²) in [4.78, 5) is 35.3. The van der Waals surface area contributed by atoms with Crippen LogP contribution in [0.2, 0.25) is 5.02 Å². The van der Waals surface area contributed by atoms with Crippen LogP contribution in [0.3, 0.4) is 0 Å². The Hall–Kier alpha value is -3.26. The molecular weight excluding hydrogens is 398 g/mol. The number of ether oxygens (including phenoxy) is 2. The molecule has 0 aliphatic heterocycles. The summed E-state index contributed by atoms with van der Waals surface area (Å²) in [6.45, 7) is 1.96. The Balaban J connectivity index is 1.86. The van der Waals surface area contributed by atoms with Gasteiger partial charge in [-0.15, -0.1) is 0 Å². The summed E-state index contributed by atoms with van der Waals surface area (Å²) in [5, 5.41) is 5.60. The van der Waals surface area contributed by atoms with Crippen molar-refractivity contribution in [3.05, 3.63) is 59.1 Å². The topological polar surface area (TPSA) is 120 Å². The van der Waals surface area contributed by atoms with E-state index >= 15 is 0 Å². The second-order valence-electron chi connectivity index (χ2n) is 5.98. The minimum atomic E-state index is -0.786. The lowest BCUT2D eigenvalue weighted by Crippen LogP contribution is -2.35. The van der Waals surface area contributed by atoms with Gasteiger partial charge in [-0.25, -0.2) is 4.79 Å². The van der Waals surface area contributed by atoms with Crippen molar-refractivity contribution in [3.8, 4) is 5.75 Å². The Morgan fingerprint density at radius 2 is 1.72 bits per heavy atom. The van der Waals surface area contributed by atoms with Crippen LogP contribution in [0.15, 0.2) is 48.5 Å². The maximum absolute atomic E-state index is 12.1. The summed E-state index contributed by atoms with van der Waals surface area (Å²) in [7, 11) is 0. The van der Waals surface area contributed by atoms with Crippen LogP contribution < -0.4 is 21.1 Å². The van der Waals surface area contributed by atoms with E-state index in [-0.39, 0.29) is 6.42 Å². The van der Waals surface area contributed by atoms with Gasteiger partial charge in [0.1, 0.15) is 5.75 Å². The summed E-state index contributed by atoms with van der Waals surface area (Å²) in [6, 6.07) is 11.9. The molecule has 0 saturated heterocycles. The standard InChI is InChI=1S/C20H22ClN3O5/c1-2-28-16-9-7-15(8-10-16)23-18(25)12-29-19(26)11-17(24-20(22)27)13-3-5-14(21)6-4-13/h3-10,17H,2,11-12H2,1H3,(H,23,25)(H3,22,24,27)/t17-/m1/s1. The van der Waals surface area contributed by atoms with Crippen molar-refractivity contribution in [1.29, 1.82) is 0 Å². The van der Waals surface area contributed by atoms with Crippen molar-refractivity contribution in [1.82, 2.24) is 5.32 Å². The number of hydrogen-bond acceptors (Lipinski definition) is 5. The lowest BCUT2D eigenvalue weighted by molar-refractivity contribution is -0.147. The SMILES string of the molecule is CCOc1ccc(NC(=O)COC(=O)C[C@@H](NC(N)=O)c2ccc(Cl)cc2)cc1. The second kappa shape index (κ2) is 10.9. The van der Waals surface area contributed by atoms with Gasteiger partial charge in [-0.3, -0.25) is 9.59 Å². The van der Waals surface area contributed by atoms with Crippen molar-refractivity contribution in [2.24, 2.45) is 5.73 Å². The van der Waals surface area contributed by atoms with Crippen LogP contribution in [0.1, 0.15) is 24.9 Å². The molecule has 0 fully saturated rings. The highest BCUT2D eigenvalue weighted by Crippen LogP contribution is 2.20. The molecule has 1 atom stereocenters. The summed E-state index contributed by atoms with van der Waals surface area (Å²) in [5.41, 5.74) is 6.35. The lowest BCUT2D eigenvalue weighted by atomic mass is 10.0. The quantitative estimate of drug-likeness (QED) is 0.539. The van der Waals surface area contributed by atoms with E-state index in [0.717, 1.165) is 0 Å². The van der Waals surface area contributed by atoms with E-state index in [1.54, 1.807) is 48.5 Å². The van der Waals surface area contributed by atoms with Crippen molar-refractivity contribution in [3.63, 3.8) is 0 Å². The fraction of sp³-hybridized carbons (Fsp3) is 0.250. The first-order chi connectivity index (χ1) is 13.9. The van der Waals surface area contributed by atoms with Crippen LogP contribution in [0.4, 0.5) is 10.5 Å². The monoisotopic (exact) mass is 419 g/mol. The van der Waals surface area contributed by atoms with Crippen molar-refractivity contribution >= 4 is 35.2 Å². The fourth-order valence-corrected chi connectivity index (χ4v) is 2.61. The predicted octanol–water partition coefficient (Wildman–Crippen LogP) is 3.02. The third-order valence-electron chi connectivity index (χ3n) is 3.77. The summed E-state index contributed by atoms with van der Waals surface area (Å²) in [6.07, 6.45) is -0.194. The molecule has 0 aromatic heterocycles. The van der Waals surface area contributed by atoms with Crippen molar-refractivity contribution < 1.29 is 23.9 Å². The number of nitrogens with one attached hydrogen (secondary N) is 2. The number of urea groups is 1. The zero-order chi connectivity index (χ0) is 21.2. The Morgan fingerprint density at radius 1 is 1.07 bits per heavy atom. The molecule has 3 amide bonds. The minimum absolute atomic E-state index is 0.194. The van der Waals surface area contributed by atoms with Gasteiger partial charge in [-0.1, -0.05) is 23.7 Å². The van der Waals surface area contributed by atoms with Crippen molar-refractivity contribution in [2.75, 3.05) is 18.5 Å². The smallest absolute Gasteiger partial charge is 0.312 e. The third-order valence-corrected chi connectivity index (χ3v) is 4.02. The van der Waals surface area contributed by atoms with Gasteiger partial charge in [-0.05, 0) is 48.9 Å². The first-order valence-electron chi connectivity index (χ1n) is 8.87. The van der Waals surface area contributed by atoms with Gasteiger partial charge in [0.15, 0.2) is 6.61 Å². The van der Waals surface area contributed by atoms with Gasteiger partial charge < -0.3 is 25.8 Å². The summed E-state index contributed by atoms with van der Waals surface area (Å²) >= 11 is 5.85. The Kier molecular flexibility index (Phi) is 8.29. The molecule has 0 radical (unpaired) electrons. The zero-order valence-corrected chi connectivity index (χ0v) is 16.6. The number of nitrogens with two attached hydrogens (primary N) is 1. The highest BCUT2D eigenvalue weighted by Gasteiger charge is 2.19. The Bertz CT molecular complexity index is 840. The van der Waals surface area contributed by atoms with E-state index < -0.39 is 30.6 Å². The zero-order valence-electron chi connectivity index (χ0n) is 15.8. The number of benzene rings is 2. The molecule has 8 nitrogen and oxygen atoms in total. The van der Waals surface area contributed by atoms with E-state index in [1.807, 2.05) is 6.92 Å². The summed E-state index contributed by atoms with van der Waals surface area (Å²) < 4.78 is 10.3. The molecule has 4 N–H and O–H groups in total. The molecule has 9 heteroatoms. The first-order valence-corrected chi connectivity index (χ1v) is 9.25. The average Bonchev–Trinajstić information content (AvgIpc) is 2.68. The minimum Gasteiger partial charge on any atom is -0.494 e. The number of hydrogen-bond donors (Lipinski definition) is 3. The van der Waals surface area contributed by atoms with E-state index in [0.29, 0.717) is 28.6 Å². The number of carbonyl (C=O) groups excluding carboxylic acids is 3.